The minimum Gasteiger partial charge on any atom is -0.480 e. The maximum atomic E-state index is 11.4. The number of carbonyl (C=O) groups is 2. The van der Waals surface area contributed by atoms with Crippen LogP contribution in [0.1, 0.15) is 5.56 Å². The van der Waals surface area contributed by atoms with Crippen molar-refractivity contribution in [2.75, 3.05) is 6.61 Å². The van der Waals surface area contributed by atoms with E-state index in [-0.39, 0.29) is 17.8 Å². The predicted octanol–water partition coefficient (Wildman–Crippen LogP) is -0.161. The molecule has 0 fully saturated rings. The van der Waals surface area contributed by atoms with Gasteiger partial charge in [-0.3, -0.25) is 10.1 Å². The number of urea groups is 1. The molecular weight excluding hydrogens is 270 g/mol. The van der Waals surface area contributed by atoms with Gasteiger partial charge in [-0.05, 0) is 0 Å². The third kappa shape index (κ3) is 4.21. The number of benzene rings is 1. The number of carboxylic acid groups (broad SMARTS) is 1. The van der Waals surface area contributed by atoms with Gasteiger partial charge in [-0.15, -0.1) is 0 Å². The van der Waals surface area contributed by atoms with E-state index < -0.39 is 29.6 Å². The van der Waals surface area contributed by atoms with Crippen LogP contribution in [-0.4, -0.2) is 39.8 Å². The molecular formula is C11H13N3O6. The maximum Gasteiger partial charge on any atom is 0.328 e. The number of nitrogens with zero attached hydrogens (tertiary/aromatic N) is 1. The molecule has 0 aliphatic carbocycles. The van der Waals surface area contributed by atoms with E-state index in [1.165, 1.54) is 18.2 Å². The number of carboxylic acids is 1. The third-order valence-electron chi connectivity index (χ3n) is 2.41. The van der Waals surface area contributed by atoms with Crippen molar-refractivity contribution < 1.29 is 24.7 Å². The molecule has 108 valence electrons. The lowest BCUT2D eigenvalue weighted by atomic mass is 10.2. The zero-order chi connectivity index (χ0) is 15.1. The van der Waals surface area contributed by atoms with Crippen LogP contribution < -0.4 is 10.6 Å². The Morgan fingerprint density at radius 1 is 1.35 bits per heavy atom. The van der Waals surface area contributed by atoms with Gasteiger partial charge in [0.25, 0.3) is 5.69 Å². The summed E-state index contributed by atoms with van der Waals surface area (Å²) in [6.45, 7) is -0.894. The standard InChI is InChI=1S/C11H13N3O6/c15-6-8(10(16)17)13-11(18)12-5-7-3-1-2-4-9(7)14(19)20/h1-4,8,15H,5-6H2,(H,16,17)(H2,12,13,18). The summed E-state index contributed by atoms with van der Waals surface area (Å²) >= 11 is 0. The molecule has 0 bridgehead atoms. The first-order chi connectivity index (χ1) is 9.45. The van der Waals surface area contributed by atoms with Gasteiger partial charge in [0.2, 0.25) is 0 Å². The van der Waals surface area contributed by atoms with E-state index in [1.807, 2.05) is 5.32 Å². The number of nitrogens with one attached hydrogen (secondary N) is 2. The molecule has 2 amide bonds. The molecule has 0 aromatic heterocycles. The Kier molecular flexibility index (Phi) is 5.42. The van der Waals surface area contributed by atoms with E-state index in [4.69, 9.17) is 10.2 Å². The van der Waals surface area contributed by atoms with E-state index in [0.717, 1.165) is 0 Å². The van der Waals surface area contributed by atoms with Crippen molar-refractivity contribution in [1.82, 2.24) is 10.6 Å². The number of hydrogen-bond acceptors (Lipinski definition) is 5. The minimum absolute atomic E-state index is 0.138. The third-order valence-corrected chi connectivity index (χ3v) is 2.41. The van der Waals surface area contributed by atoms with Crippen molar-refractivity contribution in [3.05, 3.63) is 39.9 Å². The Morgan fingerprint density at radius 3 is 2.55 bits per heavy atom. The second-order valence-corrected chi connectivity index (χ2v) is 3.79. The highest BCUT2D eigenvalue weighted by molar-refractivity contribution is 5.82. The number of nitro benzene ring substituents is 1. The lowest BCUT2D eigenvalue weighted by Gasteiger charge is -2.12. The molecule has 0 aliphatic heterocycles. The predicted molar refractivity (Wildman–Crippen MR) is 67.0 cm³/mol. The van der Waals surface area contributed by atoms with Crippen LogP contribution in [0.15, 0.2) is 24.3 Å². The molecule has 4 N–H and O–H groups in total. The summed E-state index contributed by atoms with van der Waals surface area (Å²) in [4.78, 5) is 32.2. The maximum absolute atomic E-state index is 11.4. The smallest absolute Gasteiger partial charge is 0.328 e. The number of para-hydroxylation sites is 1. The fourth-order valence-electron chi connectivity index (χ4n) is 1.41. The fourth-order valence-corrected chi connectivity index (χ4v) is 1.41. The van der Waals surface area contributed by atoms with Gasteiger partial charge in [0.1, 0.15) is 0 Å². The van der Waals surface area contributed by atoms with Crippen molar-refractivity contribution in [1.29, 1.82) is 0 Å². The number of aliphatic carboxylic acids is 1. The highest BCUT2D eigenvalue weighted by atomic mass is 16.6. The zero-order valence-corrected chi connectivity index (χ0v) is 10.3. The van der Waals surface area contributed by atoms with E-state index >= 15 is 0 Å². The first kappa shape index (κ1) is 15.4. The van der Waals surface area contributed by atoms with Gasteiger partial charge in [-0.2, -0.15) is 0 Å². The van der Waals surface area contributed by atoms with Crippen LogP contribution in [0, 0.1) is 10.1 Å². The fraction of sp³-hybridized carbons (Fsp3) is 0.273. The van der Waals surface area contributed by atoms with Gasteiger partial charge in [0.05, 0.1) is 18.1 Å². The number of hydrogen-bond donors (Lipinski definition) is 4. The summed E-state index contributed by atoms with van der Waals surface area (Å²) < 4.78 is 0. The molecule has 20 heavy (non-hydrogen) atoms. The number of amides is 2. The molecule has 1 aromatic carbocycles. The first-order valence-electron chi connectivity index (χ1n) is 5.56. The number of carbonyl (C=O) groups excluding carboxylic acids is 1. The van der Waals surface area contributed by atoms with Crippen molar-refractivity contribution in [3.8, 4) is 0 Å². The average Bonchev–Trinajstić information content (AvgIpc) is 2.42. The van der Waals surface area contributed by atoms with Crippen molar-refractivity contribution >= 4 is 17.7 Å². The topological polar surface area (TPSA) is 142 Å². The quantitative estimate of drug-likeness (QED) is 0.422. The van der Waals surface area contributed by atoms with Crippen LogP contribution in [-0.2, 0) is 11.3 Å². The summed E-state index contributed by atoms with van der Waals surface area (Å²) in [6, 6.07) is 3.57. The molecule has 0 heterocycles. The molecule has 0 aliphatic rings. The van der Waals surface area contributed by atoms with Crippen LogP contribution in [0.3, 0.4) is 0 Å². The monoisotopic (exact) mass is 283 g/mol. The van der Waals surface area contributed by atoms with Crippen molar-refractivity contribution in [2.45, 2.75) is 12.6 Å². The number of nitro groups is 1. The number of aliphatic hydroxyl groups is 1. The molecule has 1 aromatic rings. The number of rotatable bonds is 6. The van der Waals surface area contributed by atoms with Gasteiger partial charge in [-0.1, -0.05) is 18.2 Å². The highest BCUT2D eigenvalue weighted by Gasteiger charge is 2.19. The van der Waals surface area contributed by atoms with Crippen LogP contribution in [0.25, 0.3) is 0 Å². The molecule has 0 radical (unpaired) electrons. The summed E-state index contributed by atoms with van der Waals surface area (Å²) in [5.41, 5.74) is 0.133. The second kappa shape index (κ2) is 7.04. The Morgan fingerprint density at radius 2 is 2.00 bits per heavy atom. The highest BCUT2D eigenvalue weighted by Crippen LogP contribution is 2.16. The second-order valence-electron chi connectivity index (χ2n) is 3.79. The first-order valence-corrected chi connectivity index (χ1v) is 5.56. The summed E-state index contributed by atoms with van der Waals surface area (Å²) in [7, 11) is 0. The molecule has 0 saturated carbocycles. The van der Waals surface area contributed by atoms with Crippen LogP contribution >= 0.6 is 0 Å². The molecule has 1 rings (SSSR count). The summed E-state index contributed by atoms with van der Waals surface area (Å²) in [5, 5.41) is 32.4. The van der Waals surface area contributed by atoms with Crippen LogP contribution in [0.4, 0.5) is 10.5 Å². The van der Waals surface area contributed by atoms with Gasteiger partial charge < -0.3 is 20.8 Å². The molecule has 9 nitrogen and oxygen atoms in total. The lowest BCUT2D eigenvalue weighted by Crippen LogP contribution is -2.47. The van der Waals surface area contributed by atoms with E-state index in [0.29, 0.717) is 0 Å². The Labute approximate surface area is 113 Å². The minimum atomic E-state index is -1.43. The zero-order valence-electron chi connectivity index (χ0n) is 10.3. The summed E-state index contributed by atoms with van der Waals surface area (Å²) in [6.07, 6.45) is 0. The number of aliphatic hydroxyl groups excluding tert-OH is 1. The van der Waals surface area contributed by atoms with Gasteiger partial charge in [-0.25, -0.2) is 9.59 Å². The van der Waals surface area contributed by atoms with Gasteiger partial charge in [0.15, 0.2) is 6.04 Å². The lowest BCUT2D eigenvalue weighted by molar-refractivity contribution is -0.385. The molecule has 1 atom stereocenters. The molecule has 0 saturated heterocycles. The molecule has 9 heteroatoms. The summed E-state index contributed by atoms with van der Waals surface area (Å²) in [5.74, 6) is -1.38. The average molecular weight is 283 g/mol. The molecule has 1 unspecified atom stereocenters. The van der Waals surface area contributed by atoms with E-state index in [9.17, 15) is 19.7 Å². The molecule has 0 spiro atoms. The van der Waals surface area contributed by atoms with E-state index in [1.54, 1.807) is 6.07 Å². The van der Waals surface area contributed by atoms with Gasteiger partial charge >= 0.3 is 12.0 Å². The van der Waals surface area contributed by atoms with Crippen LogP contribution in [0.5, 0.6) is 0 Å². The van der Waals surface area contributed by atoms with Gasteiger partial charge in [0, 0.05) is 11.6 Å². The Balaban J connectivity index is 2.61. The van der Waals surface area contributed by atoms with Crippen LogP contribution in [0.2, 0.25) is 0 Å². The Bertz CT molecular complexity index is 519. The SMILES string of the molecule is O=C(NCc1ccccc1[N+](=O)[O-])NC(CO)C(=O)O. The van der Waals surface area contributed by atoms with E-state index in [2.05, 4.69) is 5.32 Å². The van der Waals surface area contributed by atoms with Crippen molar-refractivity contribution in [3.63, 3.8) is 0 Å². The Hall–Kier alpha value is -2.68. The normalized spacial score (nSPS) is 11.4. The largest absolute Gasteiger partial charge is 0.480 e. The van der Waals surface area contributed by atoms with Crippen molar-refractivity contribution in [2.24, 2.45) is 0 Å².